The minimum Gasteiger partial charge on any atom is -0.496 e. The predicted octanol–water partition coefficient (Wildman–Crippen LogP) is 3.43. The Morgan fingerprint density at radius 1 is 1.19 bits per heavy atom. The molecule has 0 unspecified atom stereocenters. The maximum atomic E-state index is 5.43. The summed E-state index contributed by atoms with van der Waals surface area (Å²) < 4.78 is 7.77. The van der Waals surface area contributed by atoms with Crippen LogP contribution in [-0.2, 0) is 6.54 Å². The number of aromatic nitrogens is 1. The summed E-state index contributed by atoms with van der Waals surface area (Å²) in [4.78, 5) is 0. The zero-order valence-electron chi connectivity index (χ0n) is 12.7. The summed E-state index contributed by atoms with van der Waals surface area (Å²) in [6.07, 6.45) is 7.95. The van der Waals surface area contributed by atoms with Crippen LogP contribution in [0.25, 0.3) is 10.9 Å². The van der Waals surface area contributed by atoms with Crippen molar-refractivity contribution in [2.75, 3.05) is 13.7 Å². The van der Waals surface area contributed by atoms with E-state index in [1.165, 1.54) is 36.6 Å². The Morgan fingerprint density at radius 2 is 1.95 bits per heavy atom. The fourth-order valence-electron chi connectivity index (χ4n) is 3.55. The quantitative estimate of drug-likeness (QED) is 0.843. The second-order valence-electron chi connectivity index (χ2n) is 6.56. The van der Waals surface area contributed by atoms with Crippen molar-refractivity contribution < 1.29 is 4.74 Å². The second kappa shape index (κ2) is 5.38. The number of methoxy groups -OCH3 is 1. The third-order valence-electron chi connectivity index (χ3n) is 4.99. The van der Waals surface area contributed by atoms with Crippen LogP contribution in [0.3, 0.4) is 0 Å². The van der Waals surface area contributed by atoms with E-state index < -0.39 is 0 Å². The number of nitrogens with one attached hydrogen (secondary N) is 1. The first-order valence-electron chi connectivity index (χ1n) is 8.22. The van der Waals surface area contributed by atoms with Gasteiger partial charge in [-0.2, -0.15) is 0 Å². The molecular weight excluding hydrogens is 260 g/mol. The number of rotatable bonds is 7. The number of benzene rings is 1. The third kappa shape index (κ3) is 2.67. The highest BCUT2D eigenvalue weighted by atomic mass is 16.5. The van der Waals surface area contributed by atoms with Crippen molar-refractivity contribution in [2.45, 2.75) is 38.3 Å². The van der Waals surface area contributed by atoms with E-state index in [0.717, 1.165) is 36.7 Å². The van der Waals surface area contributed by atoms with Crippen LogP contribution in [0, 0.1) is 11.8 Å². The first-order chi connectivity index (χ1) is 10.4. The Bertz CT molecular complexity index is 613. The normalized spacial score (nSPS) is 18.6. The minimum absolute atomic E-state index is 0.793. The summed E-state index contributed by atoms with van der Waals surface area (Å²) >= 11 is 0. The first-order valence-corrected chi connectivity index (χ1v) is 8.22. The zero-order valence-corrected chi connectivity index (χ0v) is 12.7. The highest BCUT2D eigenvalue weighted by Gasteiger charge is 2.40. The maximum Gasteiger partial charge on any atom is 0.128 e. The number of fused-ring (bicyclic) bond motifs is 1. The highest BCUT2D eigenvalue weighted by molar-refractivity contribution is 5.86. The van der Waals surface area contributed by atoms with Gasteiger partial charge in [0.05, 0.1) is 12.6 Å². The van der Waals surface area contributed by atoms with E-state index in [9.17, 15) is 0 Å². The molecular formula is C18H24N2O. The molecule has 2 aliphatic rings. The lowest BCUT2D eigenvalue weighted by atomic mass is 10.1. The second-order valence-corrected chi connectivity index (χ2v) is 6.56. The summed E-state index contributed by atoms with van der Waals surface area (Å²) in [7, 11) is 1.74. The molecule has 1 aromatic carbocycles. The molecule has 4 rings (SSSR count). The van der Waals surface area contributed by atoms with Gasteiger partial charge in [-0.1, -0.05) is 6.07 Å². The molecule has 1 heterocycles. The van der Waals surface area contributed by atoms with E-state index in [4.69, 9.17) is 4.74 Å². The largest absolute Gasteiger partial charge is 0.496 e. The molecule has 1 N–H and O–H groups in total. The Hall–Kier alpha value is -1.48. The fourth-order valence-corrected chi connectivity index (χ4v) is 3.55. The van der Waals surface area contributed by atoms with Crippen molar-refractivity contribution >= 4 is 10.9 Å². The SMILES string of the molecule is COc1cccc2c1ccn2CCNC(C1CC1)C1CC1. The highest BCUT2D eigenvalue weighted by Crippen LogP contribution is 2.44. The molecule has 3 nitrogen and oxygen atoms in total. The van der Waals surface area contributed by atoms with Crippen LogP contribution in [0.2, 0.25) is 0 Å². The Labute approximate surface area is 126 Å². The topological polar surface area (TPSA) is 26.2 Å². The van der Waals surface area contributed by atoms with Crippen molar-refractivity contribution in [3.8, 4) is 5.75 Å². The minimum atomic E-state index is 0.793. The van der Waals surface area contributed by atoms with E-state index >= 15 is 0 Å². The molecule has 0 radical (unpaired) electrons. The standard InChI is InChI=1S/C18H24N2O/c1-21-17-4-2-3-16-15(17)9-11-20(16)12-10-19-18(13-5-6-13)14-7-8-14/h2-4,9,11,13-14,18-19H,5-8,10,12H2,1H3. The molecule has 3 heteroatoms. The van der Waals surface area contributed by atoms with Crippen LogP contribution < -0.4 is 10.1 Å². The number of hydrogen-bond acceptors (Lipinski definition) is 2. The van der Waals surface area contributed by atoms with Crippen molar-refractivity contribution in [3.63, 3.8) is 0 Å². The molecule has 112 valence electrons. The van der Waals surface area contributed by atoms with Crippen molar-refractivity contribution in [2.24, 2.45) is 11.8 Å². The predicted molar refractivity (Wildman–Crippen MR) is 85.7 cm³/mol. The molecule has 1 aromatic heterocycles. The molecule has 0 saturated heterocycles. The molecule has 2 aromatic rings. The summed E-state index contributed by atoms with van der Waals surface area (Å²) in [6.45, 7) is 2.10. The van der Waals surface area contributed by atoms with E-state index in [2.05, 4.69) is 34.3 Å². The van der Waals surface area contributed by atoms with Crippen molar-refractivity contribution in [1.82, 2.24) is 9.88 Å². The average molecular weight is 284 g/mol. The average Bonchev–Trinajstić information content (AvgIpc) is 3.42. The molecule has 2 fully saturated rings. The van der Waals surface area contributed by atoms with Crippen LogP contribution in [0.1, 0.15) is 25.7 Å². The smallest absolute Gasteiger partial charge is 0.128 e. The van der Waals surface area contributed by atoms with Crippen LogP contribution in [0.5, 0.6) is 5.75 Å². The van der Waals surface area contributed by atoms with Gasteiger partial charge in [0.1, 0.15) is 5.75 Å². The van der Waals surface area contributed by atoms with Gasteiger partial charge < -0.3 is 14.6 Å². The number of hydrogen-bond donors (Lipinski definition) is 1. The number of ether oxygens (including phenoxy) is 1. The van der Waals surface area contributed by atoms with Gasteiger partial charge in [0.25, 0.3) is 0 Å². The van der Waals surface area contributed by atoms with Crippen molar-refractivity contribution in [3.05, 3.63) is 30.5 Å². The molecule has 2 aliphatic carbocycles. The van der Waals surface area contributed by atoms with Crippen LogP contribution >= 0.6 is 0 Å². The fraction of sp³-hybridized carbons (Fsp3) is 0.556. The molecule has 0 amide bonds. The lowest BCUT2D eigenvalue weighted by molar-refractivity contribution is 0.408. The van der Waals surface area contributed by atoms with Gasteiger partial charge in [-0.05, 0) is 55.7 Å². The van der Waals surface area contributed by atoms with Crippen molar-refractivity contribution in [1.29, 1.82) is 0 Å². The van der Waals surface area contributed by atoms with Gasteiger partial charge in [0, 0.05) is 30.7 Å². The van der Waals surface area contributed by atoms with Gasteiger partial charge in [0.2, 0.25) is 0 Å². The molecule has 0 spiro atoms. The van der Waals surface area contributed by atoms with E-state index in [0.29, 0.717) is 0 Å². The van der Waals surface area contributed by atoms with Gasteiger partial charge >= 0.3 is 0 Å². The molecule has 21 heavy (non-hydrogen) atoms. The zero-order chi connectivity index (χ0) is 14.2. The monoisotopic (exact) mass is 284 g/mol. The van der Waals surface area contributed by atoms with Gasteiger partial charge in [0.15, 0.2) is 0 Å². The summed E-state index contributed by atoms with van der Waals surface area (Å²) in [5, 5.41) is 5.03. The number of nitrogens with zero attached hydrogens (tertiary/aromatic N) is 1. The Kier molecular flexibility index (Phi) is 3.38. The van der Waals surface area contributed by atoms with E-state index in [1.807, 2.05) is 6.07 Å². The van der Waals surface area contributed by atoms with Crippen LogP contribution in [0.15, 0.2) is 30.5 Å². The Morgan fingerprint density at radius 3 is 2.62 bits per heavy atom. The lowest BCUT2D eigenvalue weighted by Gasteiger charge is -2.18. The van der Waals surface area contributed by atoms with Gasteiger partial charge in [-0.15, -0.1) is 0 Å². The van der Waals surface area contributed by atoms with Gasteiger partial charge in [-0.25, -0.2) is 0 Å². The summed E-state index contributed by atoms with van der Waals surface area (Å²) in [5.74, 6) is 2.91. The first kappa shape index (κ1) is 13.2. The van der Waals surface area contributed by atoms with E-state index in [1.54, 1.807) is 7.11 Å². The molecule has 2 saturated carbocycles. The van der Waals surface area contributed by atoms with Crippen LogP contribution in [-0.4, -0.2) is 24.3 Å². The summed E-state index contributed by atoms with van der Waals surface area (Å²) in [5.41, 5.74) is 1.27. The third-order valence-corrected chi connectivity index (χ3v) is 4.99. The summed E-state index contributed by atoms with van der Waals surface area (Å²) in [6, 6.07) is 9.23. The molecule has 0 atom stereocenters. The molecule has 0 aliphatic heterocycles. The molecule has 0 bridgehead atoms. The lowest BCUT2D eigenvalue weighted by Crippen LogP contribution is -2.35. The maximum absolute atomic E-state index is 5.43. The Balaban J connectivity index is 1.42. The van der Waals surface area contributed by atoms with Crippen LogP contribution in [0.4, 0.5) is 0 Å². The van der Waals surface area contributed by atoms with E-state index in [-0.39, 0.29) is 0 Å². The van der Waals surface area contributed by atoms with Gasteiger partial charge in [-0.3, -0.25) is 0 Å².